The minimum Gasteiger partial charge on any atom is -0.355 e. The molecule has 0 bridgehead atoms. The summed E-state index contributed by atoms with van der Waals surface area (Å²) >= 11 is 0. The zero-order valence-electron chi connectivity index (χ0n) is 13.0. The van der Waals surface area contributed by atoms with E-state index in [1.54, 1.807) is 6.07 Å². The molecule has 0 unspecified atom stereocenters. The van der Waals surface area contributed by atoms with Crippen LogP contribution < -0.4 is 10.5 Å². The molecule has 0 spiro atoms. The summed E-state index contributed by atoms with van der Waals surface area (Å²) in [6.07, 6.45) is 1.08. The SMILES string of the molecule is Cc1nc(N2CCCN(Cc3ccccc3)CC2)cc(=O)[nH]1. The maximum atomic E-state index is 11.6. The third-order valence-electron chi connectivity index (χ3n) is 4.01. The Balaban J connectivity index is 1.65. The highest BCUT2D eigenvalue weighted by Gasteiger charge is 2.16. The predicted octanol–water partition coefficient (Wildman–Crippen LogP) is 1.79. The maximum absolute atomic E-state index is 11.6. The third kappa shape index (κ3) is 3.74. The van der Waals surface area contributed by atoms with Crippen LogP contribution in [0.5, 0.6) is 0 Å². The van der Waals surface area contributed by atoms with Gasteiger partial charge in [0.1, 0.15) is 11.6 Å². The third-order valence-corrected chi connectivity index (χ3v) is 4.01. The smallest absolute Gasteiger partial charge is 0.252 e. The molecule has 1 aliphatic rings. The van der Waals surface area contributed by atoms with Crippen LogP contribution in [0.4, 0.5) is 5.82 Å². The van der Waals surface area contributed by atoms with Crippen molar-refractivity contribution in [2.24, 2.45) is 0 Å². The summed E-state index contributed by atoms with van der Waals surface area (Å²) in [4.78, 5) is 23.5. The van der Waals surface area contributed by atoms with Gasteiger partial charge in [0.15, 0.2) is 0 Å². The number of nitrogens with zero attached hydrogens (tertiary/aromatic N) is 3. The van der Waals surface area contributed by atoms with Crippen LogP contribution in [0.2, 0.25) is 0 Å². The highest BCUT2D eigenvalue weighted by Crippen LogP contribution is 2.13. The number of aryl methyl sites for hydroxylation is 1. The molecular formula is C17H22N4O. The fraction of sp³-hybridized carbons (Fsp3) is 0.412. The molecule has 1 N–H and O–H groups in total. The lowest BCUT2D eigenvalue weighted by Gasteiger charge is -2.22. The first-order chi connectivity index (χ1) is 10.7. The van der Waals surface area contributed by atoms with Crippen LogP contribution >= 0.6 is 0 Å². The summed E-state index contributed by atoms with van der Waals surface area (Å²) in [5, 5.41) is 0. The van der Waals surface area contributed by atoms with E-state index in [1.165, 1.54) is 5.56 Å². The van der Waals surface area contributed by atoms with Crippen LogP contribution in [0.25, 0.3) is 0 Å². The Morgan fingerprint density at radius 2 is 1.95 bits per heavy atom. The van der Waals surface area contributed by atoms with Crippen LogP contribution in [-0.4, -0.2) is 41.0 Å². The number of hydrogen-bond donors (Lipinski definition) is 1. The van der Waals surface area contributed by atoms with E-state index in [-0.39, 0.29) is 5.56 Å². The number of hydrogen-bond acceptors (Lipinski definition) is 4. The number of anilines is 1. The number of rotatable bonds is 3. The van der Waals surface area contributed by atoms with Crippen LogP contribution in [0.3, 0.4) is 0 Å². The van der Waals surface area contributed by atoms with Crippen molar-refractivity contribution in [2.45, 2.75) is 19.9 Å². The minimum atomic E-state index is -0.0760. The monoisotopic (exact) mass is 298 g/mol. The van der Waals surface area contributed by atoms with Gasteiger partial charge < -0.3 is 9.88 Å². The molecule has 2 heterocycles. The molecule has 1 aliphatic heterocycles. The molecule has 0 atom stereocenters. The Hall–Kier alpha value is -2.14. The van der Waals surface area contributed by atoms with Gasteiger partial charge in [-0.25, -0.2) is 4.98 Å². The Morgan fingerprint density at radius 1 is 1.14 bits per heavy atom. The number of benzene rings is 1. The lowest BCUT2D eigenvalue weighted by Crippen LogP contribution is -2.31. The molecule has 3 rings (SSSR count). The fourth-order valence-electron chi connectivity index (χ4n) is 2.93. The van der Waals surface area contributed by atoms with Gasteiger partial charge in [0.2, 0.25) is 0 Å². The molecule has 1 fully saturated rings. The number of H-pyrrole nitrogens is 1. The van der Waals surface area contributed by atoms with Crippen LogP contribution in [0, 0.1) is 6.92 Å². The lowest BCUT2D eigenvalue weighted by molar-refractivity contribution is 0.285. The summed E-state index contributed by atoms with van der Waals surface area (Å²) in [5.74, 6) is 1.47. The van der Waals surface area contributed by atoms with E-state index >= 15 is 0 Å². The second-order valence-corrected chi connectivity index (χ2v) is 5.79. The van der Waals surface area contributed by atoms with Crippen molar-refractivity contribution in [3.05, 3.63) is 58.1 Å². The summed E-state index contributed by atoms with van der Waals surface area (Å²) < 4.78 is 0. The van der Waals surface area contributed by atoms with E-state index in [1.807, 2.05) is 6.92 Å². The first kappa shape index (κ1) is 14.8. The Morgan fingerprint density at radius 3 is 2.73 bits per heavy atom. The standard InChI is InChI=1S/C17H22N4O/c1-14-18-16(12-17(22)19-14)21-9-5-8-20(10-11-21)13-15-6-3-2-4-7-15/h2-4,6-7,12H,5,8-11,13H2,1H3,(H,18,19,22). The van der Waals surface area contributed by atoms with E-state index in [4.69, 9.17) is 0 Å². The van der Waals surface area contributed by atoms with E-state index < -0.39 is 0 Å². The largest absolute Gasteiger partial charge is 0.355 e. The Kier molecular flexibility index (Phi) is 4.53. The van der Waals surface area contributed by atoms with Crippen molar-refractivity contribution in [1.82, 2.24) is 14.9 Å². The van der Waals surface area contributed by atoms with Gasteiger partial charge in [-0.1, -0.05) is 30.3 Å². The number of aromatic amines is 1. The summed E-state index contributed by atoms with van der Waals surface area (Å²) in [7, 11) is 0. The Bertz CT molecular complexity index is 668. The van der Waals surface area contributed by atoms with Crippen molar-refractivity contribution in [2.75, 3.05) is 31.1 Å². The van der Waals surface area contributed by atoms with Crippen molar-refractivity contribution in [3.63, 3.8) is 0 Å². The molecule has 0 radical (unpaired) electrons. The zero-order chi connectivity index (χ0) is 15.4. The molecule has 5 nitrogen and oxygen atoms in total. The first-order valence-electron chi connectivity index (χ1n) is 7.80. The van der Waals surface area contributed by atoms with Gasteiger partial charge in [0.25, 0.3) is 5.56 Å². The molecule has 1 saturated heterocycles. The summed E-state index contributed by atoms with van der Waals surface area (Å²) in [6.45, 7) is 6.72. The second kappa shape index (κ2) is 6.75. The normalized spacial score (nSPS) is 16.5. The Labute approximate surface area is 130 Å². The van der Waals surface area contributed by atoms with E-state index in [2.05, 4.69) is 50.1 Å². The van der Waals surface area contributed by atoms with E-state index in [0.29, 0.717) is 5.82 Å². The topological polar surface area (TPSA) is 52.2 Å². The van der Waals surface area contributed by atoms with Gasteiger partial charge in [0, 0.05) is 38.8 Å². The molecule has 2 aromatic rings. The van der Waals surface area contributed by atoms with Crippen LogP contribution in [0.1, 0.15) is 17.8 Å². The van der Waals surface area contributed by atoms with Crippen LogP contribution in [-0.2, 0) is 6.54 Å². The molecule has 1 aromatic heterocycles. The molecule has 5 heteroatoms. The molecule has 22 heavy (non-hydrogen) atoms. The molecule has 0 saturated carbocycles. The maximum Gasteiger partial charge on any atom is 0.252 e. The second-order valence-electron chi connectivity index (χ2n) is 5.79. The van der Waals surface area contributed by atoms with Gasteiger partial charge in [-0.15, -0.1) is 0 Å². The highest BCUT2D eigenvalue weighted by atomic mass is 16.1. The molecule has 1 aromatic carbocycles. The number of nitrogens with one attached hydrogen (secondary N) is 1. The van der Waals surface area contributed by atoms with Gasteiger partial charge >= 0.3 is 0 Å². The van der Waals surface area contributed by atoms with Gasteiger partial charge in [-0.05, 0) is 18.9 Å². The molecule has 116 valence electrons. The van der Waals surface area contributed by atoms with Crippen molar-refractivity contribution >= 4 is 5.82 Å². The van der Waals surface area contributed by atoms with Gasteiger partial charge in [0.05, 0.1) is 0 Å². The highest BCUT2D eigenvalue weighted by molar-refractivity contribution is 5.37. The fourth-order valence-corrected chi connectivity index (χ4v) is 2.93. The van der Waals surface area contributed by atoms with Crippen LogP contribution in [0.15, 0.2) is 41.2 Å². The average Bonchev–Trinajstić information content (AvgIpc) is 2.73. The predicted molar refractivity (Wildman–Crippen MR) is 88.1 cm³/mol. The van der Waals surface area contributed by atoms with Gasteiger partial charge in [-0.3, -0.25) is 9.69 Å². The van der Waals surface area contributed by atoms with E-state index in [9.17, 15) is 4.79 Å². The zero-order valence-corrected chi connectivity index (χ0v) is 13.0. The van der Waals surface area contributed by atoms with Crippen molar-refractivity contribution in [1.29, 1.82) is 0 Å². The summed E-state index contributed by atoms with van der Waals surface area (Å²) in [5.41, 5.74) is 1.27. The van der Waals surface area contributed by atoms with Crippen molar-refractivity contribution < 1.29 is 0 Å². The minimum absolute atomic E-state index is 0.0760. The summed E-state index contributed by atoms with van der Waals surface area (Å²) in [6, 6.07) is 12.2. The lowest BCUT2D eigenvalue weighted by atomic mass is 10.2. The van der Waals surface area contributed by atoms with Crippen molar-refractivity contribution in [3.8, 4) is 0 Å². The average molecular weight is 298 g/mol. The van der Waals surface area contributed by atoms with E-state index in [0.717, 1.165) is 45.0 Å². The molecular weight excluding hydrogens is 276 g/mol. The molecule has 0 amide bonds. The van der Waals surface area contributed by atoms with Gasteiger partial charge in [-0.2, -0.15) is 0 Å². The first-order valence-corrected chi connectivity index (χ1v) is 7.80. The number of aromatic nitrogens is 2. The quantitative estimate of drug-likeness (QED) is 0.938. The molecule has 0 aliphatic carbocycles.